The van der Waals surface area contributed by atoms with Gasteiger partial charge in [-0.25, -0.2) is 8.42 Å². The maximum absolute atomic E-state index is 12.1. The van der Waals surface area contributed by atoms with E-state index < -0.39 is 10.0 Å². The molecule has 2 heterocycles. The van der Waals surface area contributed by atoms with Gasteiger partial charge < -0.3 is 4.79 Å². The molecule has 0 N–H and O–H groups in total. The van der Waals surface area contributed by atoms with Crippen molar-refractivity contribution in [2.24, 2.45) is 5.92 Å². The van der Waals surface area contributed by atoms with Gasteiger partial charge in [-0.2, -0.15) is 4.31 Å². The van der Waals surface area contributed by atoms with E-state index in [9.17, 15) is 13.2 Å². The Bertz CT molecular complexity index is 452. The molecule has 1 aromatic rings. The fraction of sp³-hybridized carbons (Fsp3) is 0.500. The van der Waals surface area contributed by atoms with Crippen LogP contribution in [0.4, 0.5) is 0 Å². The summed E-state index contributed by atoms with van der Waals surface area (Å²) in [7, 11) is -3.37. The van der Waals surface area contributed by atoms with Gasteiger partial charge in [0.2, 0.25) is 0 Å². The summed E-state index contributed by atoms with van der Waals surface area (Å²) in [4.78, 5) is 10.7. The highest BCUT2D eigenvalue weighted by Crippen LogP contribution is 2.25. The molecule has 0 aliphatic carbocycles. The van der Waals surface area contributed by atoms with Gasteiger partial charge >= 0.3 is 0 Å². The van der Waals surface area contributed by atoms with Crippen LogP contribution in [0.2, 0.25) is 0 Å². The Morgan fingerprint density at radius 2 is 2.31 bits per heavy atom. The van der Waals surface area contributed by atoms with Gasteiger partial charge in [-0.3, -0.25) is 0 Å². The molecular weight excluding hydrogens is 246 g/mol. The van der Waals surface area contributed by atoms with E-state index in [0.29, 0.717) is 17.3 Å². The molecule has 0 spiro atoms. The van der Waals surface area contributed by atoms with E-state index in [1.165, 1.54) is 15.6 Å². The number of thiophene rings is 1. The molecule has 16 heavy (non-hydrogen) atoms. The molecule has 1 aliphatic heterocycles. The Balaban J connectivity index is 2.21. The standard InChI is InChI=1S/C10H13NO3S2/c12-8-9-3-1-5-11(7-9)16(13,14)10-4-2-6-15-10/h2,4,6,8-9H,1,3,5,7H2. The van der Waals surface area contributed by atoms with Crippen molar-refractivity contribution < 1.29 is 13.2 Å². The maximum Gasteiger partial charge on any atom is 0.252 e. The molecule has 88 valence electrons. The normalized spacial score (nSPS) is 23.1. The van der Waals surface area contributed by atoms with Crippen molar-refractivity contribution in [3.8, 4) is 0 Å². The first-order valence-corrected chi connectivity index (χ1v) is 7.45. The van der Waals surface area contributed by atoms with Crippen LogP contribution in [0.15, 0.2) is 21.7 Å². The molecule has 0 amide bonds. The first-order valence-electron chi connectivity index (χ1n) is 5.13. The summed E-state index contributed by atoms with van der Waals surface area (Å²) in [6.45, 7) is 0.842. The fourth-order valence-corrected chi connectivity index (χ4v) is 4.52. The number of aldehydes is 1. The Labute approximate surface area is 98.9 Å². The third-order valence-electron chi connectivity index (χ3n) is 2.70. The second-order valence-corrected chi connectivity index (χ2v) is 6.95. The van der Waals surface area contributed by atoms with Crippen LogP contribution in [0.5, 0.6) is 0 Å². The third kappa shape index (κ3) is 2.18. The summed E-state index contributed by atoms with van der Waals surface area (Å²) in [6.07, 6.45) is 2.41. The third-order valence-corrected chi connectivity index (χ3v) is 5.94. The van der Waals surface area contributed by atoms with Gasteiger partial charge in [0, 0.05) is 19.0 Å². The molecule has 0 radical (unpaired) electrons. The number of nitrogens with zero attached hydrogens (tertiary/aromatic N) is 1. The predicted octanol–water partition coefficient (Wildman–Crippen LogP) is 1.35. The molecule has 0 saturated carbocycles. The number of piperidine rings is 1. The van der Waals surface area contributed by atoms with E-state index in [2.05, 4.69) is 0 Å². The van der Waals surface area contributed by atoms with Crippen LogP contribution in [0.3, 0.4) is 0 Å². The summed E-state index contributed by atoms with van der Waals surface area (Å²) in [5.41, 5.74) is 0. The molecule has 6 heteroatoms. The quantitative estimate of drug-likeness (QED) is 0.770. The number of carbonyl (C=O) groups is 1. The van der Waals surface area contributed by atoms with Crippen molar-refractivity contribution in [1.29, 1.82) is 0 Å². The van der Waals surface area contributed by atoms with E-state index in [1.54, 1.807) is 17.5 Å². The SMILES string of the molecule is O=CC1CCCN(S(=O)(=O)c2cccs2)C1. The van der Waals surface area contributed by atoms with Gasteiger partial charge in [-0.15, -0.1) is 11.3 Å². The number of hydrogen-bond acceptors (Lipinski definition) is 4. The van der Waals surface area contributed by atoms with Gasteiger partial charge in [0.25, 0.3) is 10.0 Å². The van der Waals surface area contributed by atoms with Crippen LogP contribution in [-0.2, 0) is 14.8 Å². The molecule has 0 bridgehead atoms. The second kappa shape index (κ2) is 4.65. The lowest BCUT2D eigenvalue weighted by atomic mass is 10.0. The summed E-state index contributed by atoms with van der Waals surface area (Å²) in [5, 5.41) is 1.74. The first-order chi connectivity index (χ1) is 7.64. The predicted molar refractivity (Wildman–Crippen MR) is 61.9 cm³/mol. The van der Waals surface area contributed by atoms with E-state index in [0.717, 1.165) is 19.1 Å². The smallest absolute Gasteiger partial charge is 0.252 e. The lowest BCUT2D eigenvalue weighted by molar-refractivity contribution is -0.112. The molecule has 1 aromatic heterocycles. The molecule has 1 atom stereocenters. The van der Waals surface area contributed by atoms with E-state index >= 15 is 0 Å². The van der Waals surface area contributed by atoms with Crippen molar-refractivity contribution in [1.82, 2.24) is 4.31 Å². The molecule has 0 aromatic carbocycles. The Morgan fingerprint density at radius 1 is 1.50 bits per heavy atom. The number of rotatable bonds is 3. The lowest BCUT2D eigenvalue weighted by Gasteiger charge is -2.28. The molecule has 2 rings (SSSR count). The highest BCUT2D eigenvalue weighted by Gasteiger charge is 2.30. The van der Waals surface area contributed by atoms with Crippen LogP contribution < -0.4 is 0 Å². The van der Waals surface area contributed by atoms with Crippen LogP contribution in [0.25, 0.3) is 0 Å². The second-order valence-electron chi connectivity index (χ2n) is 3.83. The summed E-state index contributed by atoms with van der Waals surface area (Å²) < 4.78 is 26.0. The molecule has 4 nitrogen and oxygen atoms in total. The topological polar surface area (TPSA) is 54.5 Å². The summed E-state index contributed by atoms with van der Waals surface area (Å²) in [6, 6.07) is 3.32. The zero-order valence-corrected chi connectivity index (χ0v) is 10.3. The zero-order chi connectivity index (χ0) is 11.6. The first kappa shape index (κ1) is 11.8. The summed E-state index contributed by atoms with van der Waals surface area (Å²) >= 11 is 1.21. The van der Waals surface area contributed by atoms with E-state index in [-0.39, 0.29) is 5.92 Å². The van der Waals surface area contributed by atoms with Gasteiger partial charge in [-0.05, 0) is 24.3 Å². The average molecular weight is 259 g/mol. The molecular formula is C10H13NO3S2. The van der Waals surface area contributed by atoms with Gasteiger partial charge in [0.15, 0.2) is 0 Å². The number of carbonyl (C=O) groups excluding carboxylic acids is 1. The Hall–Kier alpha value is -0.720. The largest absolute Gasteiger partial charge is 0.303 e. The minimum atomic E-state index is -3.37. The highest BCUT2D eigenvalue weighted by atomic mass is 32.2. The van der Waals surface area contributed by atoms with E-state index in [4.69, 9.17) is 0 Å². The Kier molecular flexibility index (Phi) is 3.41. The minimum absolute atomic E-state index is 0.150. The minimum Gasteiger partial charge on any atom is -0.303 e. The number of sulfonamides is 1. The number of hydrogen-bond donors (Lipinski definition) is 0. The summed E-state index contributed by atoms with van der Waals surface area (Å²) in [5.74, 6) is -0.150. The van der Waals surface area contributed by atoms with Gasteiger partial charge in [0.1, 0.15) is 10.5 Å². The van der Waals surface area contributed by atoms with Crippen LogP contribution in [0.1, 0.15) is 12.8 Å². The molecule has 1 unspecified atom stereocenters. The van der Waals surface area contributed by atoms with Crippen molar-refractivity contribution in [3.05, 3.63) is 17.5 Å². The monoisotopic (exact) mass is 259 g/mol. The van der Waals surface area contributed by atoms with Gasteiger partial charge in [-0.1, -0.05) is 6.07 Å². The van der Waals surface area contributed by atoms with Crippen LogP contribution in [-0.4, -0.2) is 32.1 Å². The van der Waals surface area contributed by atoms with Crippen molar-refractivity contribution in [2.45, 2.75) is 17.1 Å². The maximum atomic E-state index is 12.1. The Morgan fingerprint density at radius 3 is 2.94 bits per heavy atom. The van der Waals surface area contributed by atoms with Crippen LogP contribution in [0, 0.1) is 5.92 Å². The highest BCUT2D eigenvalue weighted by molar-refractivity contribution is 7.91. The molecule has 1 fully saturated rings. The van der Waals surface area contributed by atoms with Crippen LogP contribution >= 0.6 is 11.3 Å². The zero-order valence-electron chi connectivity index (χ0n) is 8.70. The van der Waals surface area contributed by atoms with Crippen molar-refractivity contribution in [3.63, 3.8) is 0 Å². The van der Waals surface area contributed by atoms with E-state index in [1.807, 2.05) is 0 Å². The fourth-order valence-electron chi connectivity index (χ4n) is 1.84. The average Bonchev–Trinajstić information content (AvgIpc) is 2.83. The van der Waals surface area contributed by atoms with Crippen molar-refractivity contribution in [2.75, 3.05) is 13.1 Å². The van der Waals surface area contributed by atoms with Crippen molar-refractivity contribution >= 4 is 27.6 Å². The lowest BCUT2D eigenvalue weighted by Crippen LogP contribution is -2.39. The molecule has 1 aliphatic rings. The molecule has 1 saturated heterocycles. The van der Waals surface area contributed by atoms with Gasteiger partial charge in [0.05, 0.1) is 0 Å².